The molecule has 0 radical (unpaired) electrons. The third-order valence-electron chi connectivity index (χ3n) is 5.73. The molecule has 0 saturated heterocycles. The number of hydrogen-bond donors (Lipinski definition) is 2. The number of ether oxygens (including phenoxy) is 2. The Morgan fingerprint density at radius 3 is 2.38 bits per heavy atom. The summed E-state index contributed by atoms with van der Waals surface area (Å²) < 4.78 is 10.8. The zero-order valence-corrected chi connectivity index (χ0v) is 21.6. The summed E-state index contributed by atoms with van der Waals surface area (Å²) >= 11 is 5.79. The molecule has 7 nitrogen and oxygen atoms in total. The molecule has 8 heteroatoms. The summed E-state index contributed by atoms with van der Waals surface area (Å²) in [4.78, 5) is 20.1. The largest absolute Gasteiger partial charge is 0.493 e. The minimum Gasteiger partial charge on any atom is -0.493 e. The lowest BCUT2D eigenvalue weighted by molar-refractivity contribution is 0.346. The molecule has 2 aromatic carbocycles. The lowest BCUT2D eigenvalue weighted by Crippen LogP contribution is -2.37. The van der Waals surface area contributed by atoms with Crippen molar-refractivity contribution in [3.05, 3.63) is 63.4 Å². The van der Waals surface area contributed by atoms with E-state index < -0.39 is 0 Å². The van der Waals surface area contributed by atoms with Crippen LogP contribution < -0.4 is 20.3 Å². The van der Waals surface area contributed by atoms with Gasteiger partial charge in [0.2, 0.25) is 0 Å². The van der Waals surface area contributed by atoms with E-state index in [0.717, 1.165) is 36.1 Å². The molecule has 1 aromatic heterocycles. The number of nitrogens with one attached hydrogen (secondary N) is 2. The van der Waals surface area contributed by atoms with E-state index in [9.17, 15) is 4.79 Å². The van der Waals surface area contributed by atoms with E-state index in [4.69, 9.17) is 21.7 Å². The number of aryl methyl sites for hydroxylation is 2. The number of pyridine rings is 1. The van der Waals surface area contributed by atoms with Crippen LogP contribution >= 0.6 is 12.2 Å². The van der Waals surface area contributed by atoms with Gasteiger partial charge in [0.05, 0.1) is 26.3 Å². The third-order valence-corrected chi connectivity index (χ3v) is 6.09. The maximum atomic E-state index is 13.0. The maximum absolute atomic E-state index is 13.0. The highest BCUT2D eigenvalue weighted by Gasteiger charge is 2.16. The van der Waals surface area contributed by atoms with Gasteiger partial charge in [0.25, 0.3) is 5.56 Å². The van der Waals surface area contributed by atoms with Crippen molar-refractivity contribution in [3.8, 4) is 11.5 Å². The first-order chi connectivity index (χ1) is 16.2. The van der Waals surface area contributed by atoms with Crippen molar-refractivity contribution >= 4 is 33.9 Å². The van der Waals surface area contributed by atoms with Gasteiger partial charge >= 0.3 is 0 Å². The van der Waals surface area contributed by atoms with Gasteiger partial charge in [0, 0.05) is 29.2 Å². The number of anilines is 1. The Bertz CT molecular complexity index is 1220. The van der Waals surface area contributed by atoms with E-state index in [-0.39, 0.29) is 5.56 Å². The summed E-state index contributed by atoms with van der Waals surface area (Å²) in [6.07, 6.45) is 0.915. The smallest absolute Gasteiger partial charge is 0.253 e. The van der Waals surface area contributed by atoms with Gasteiger partial charge in [-0.25, -0.2) is 0 Å². The number of benzene rings is 2. The minimum absolute atomic E-state index is 0.147. The molecule has 2 N–H and O–H groups in total. The average molecular weight is 483 g/mol. The summed E-state index contributed by atoms with van der Waals surface area (Å²) in [5.74, 6) is 1.19. The van der Waals surface area contributed by atoms with E-state index in [2.05, 4.69) is 46.1 Å². The van der Waals surface area contributed by atoms with Crippen LogP contribution in [0.5, 0.6) is 11.5 Å². The summed E-state index contributed by atoms with van der Waals surface area (Å²) in [5.41, 5.74) is 4.48. The fourth-order valence-electron chi connectivity index (χ4n) is 3.88. The molecule has 3 rings (SSSR count). The lowest BCUT2D eigenvalue weighted by atomic mass is 10.1. The normalized spacial score (nSPS) is 11.0. The predicted octanol–water partition coefficient (Wildman–Crippen LogP) is 4.31. The van der Waals surface area contributed by atoms with Crippen LogP contribution in [0.1, 0.15) is 23.1 Å². The molecule has 0 saturated carbocycles. The molecule has 34 heavy (non-hydrogen) atoms. The highest BCUT2D eigenvalue weighted by atomic mass is 32.1. The average Bonchev–Trinajstić information content (AvgIpc) is 2.79. The number of H-pyrrole nitrogens is 1. The predicted molar refractivity (Wildman–Crippen MR) is 143 cm³/mol. The van der Waals surface area contributed by atoms with Crippen molar-refractivity contribution in [1.82, 2.24) is 14.8 Å². The SMILES string of the molecule is COc1cc2cc(CN(CCCN(C)C)C(=S)Nc3ccc(C)cc3C)c(=O)[nH]c2cc1OC. The Labute approximate surface area is 206 Å². The standard InChI is InChI=1S/C26H34N4O3S/c1-17-8-9-21(18(2)12-17)28-26(34)30(11-7-10-29(3)4)16-20-13-19-14-23(32-5)24(33-6)15-22(19)27-25(20)31/h8-9,12-15H,7,10-11,16H2,1-6H3,(H,27,31)(H,28,34). The van der Waals surface area contributed by atoms with Gasteiger partial charge < -0.3 is 29.6 Å². The number of nitrogens with zero attached hydrogens (tertiary/aromatic N) is 2. The number of hydrogen-bond acceptors (Lipinski definition) is 5. The van der Waals surface area contributed by atoms with Crippen LogP contribution in [0.15, 0.2) is 41.2 Å². The molecule has 0 aliphatic carbocycles. The van der Waals surface area contributed by atoms with Gasteiger partial charge in [0.15, 0.2) is 16.6 Å². The quantitative estimate of drug-likeness (QED) is 0.441. The second-order valence-electron chi connectivity index (χ2n) is 8.75. The van der Waals surface area contributed by atoms with Gasteiger partial charge in [-0.3, -0.25) is 4.79 Å². The number of thiocarbonyl (C=S) groups is 1. The number of rotatable bonds is 9. The zero-order valence-electron chi connectivity index (χ0n) is 20.8. The second kappa shape index (κ2) is 11.4. The number of aromatic amines is 1. The Balaban J connectivity index is 1.90. The first-order valence-electron chi connectivity index (χ1n) is 11.3. The first-order valence-corrected chi connectivity index (χ1v) is 11.7. The maximum Gasteiger partial charge on any atom is 0.253 e. The molecule has 0 fully saturated rings. The molecule has 0 aliphatic heterocycles. The third kappa shape index (κ3) is 6.27. The van der Waals surface area contributed by atoms with Crippen LogP contribution in [0, 0.1) is 13.8 Å². The van der Waals surface area contributed by atoms with Gasteiger partial charge in [0.1, 0.15) is 0 Å². The molecule has 0 aliphatic rings. The Morgan fingerprint density at radius 1 is 1.03 bits per heavy atom. The molecular weight excluding hydrogens is 448 g/mol. The van der Waals surface area contributed by atoms with E-state index >= 15 is 0 Å². The number of methoxy groups -OCH3 is 2. The summed E-state index contributed by atoms with van der Waals surface area (Å²) in [6, 6.07) is 11.8. The minimum atomic E-state index is -0.147. The topological polar surface area (TPSA) is 69.8 Å². The van der Waals surface area contributed by atoms with E-state index in [1.54, 1.807) is 20.3 Å². The molecule has 182 valence electrons. The fourth-order valence-corrected chi connectivity index (χ4v) is 4.15. The van der Waals surface area contributed by atoms with Crippen LogP contribution in [0.25, 0.3) is 10.9 Å². The van der Waals surface area contributed by atoms with Gasteiger partial charge in [-0.15, -0.1) is 0 Å². The van der Waals surface area contributed by atoms with Crippen LogP contribution in [-0.2, 0) is 6.54 Å². The fraction of sp³-hybridized carbons (Fsp3) is 0.385. The van der Waals surface area contributed by atoms with Crippen molar-refractivity contribution in [1.29, 1.82) is 0 Å². The number of fused-ring (bicyclic) bond motifs is 1. The molecule has 0 bridgehead atoms. The number of aromatic nitrogens is 1. The zero-order chi connectivity index (χ0) is 24.8. The van der Waals surface area contributed by atoms with Gasteiger partial charge in [-0.05, 0) is 76.9 Å². The first kappa shape index (κ1) is 25.5. The van der Waals surface area contributed by atoms with Crippen molar-refractivity contribution in [2.24, 2.45) is 0 Å². The van der Waals surface area contributed by atoms with E-state index in [0.29, 0.717) is 34.2 Å². The van der Waals surface area contributed by atoms with Crippen LogP contribution in [0.2, 0.25) is 0 Å². The van der Waals surface area contributed by atoms with E-state index in [1.165, 1.54) is 5.56 Å². The molecule has 0 unspecified atom stereocenters. The summed E-state index contributed by atoms with van der Waals surface area (Å²) in [7, 11) is 7.27. The van der Waals surface area contributed by atoms with Crippen molar-refractivity contribution in [2.45, 2.75) is 26.8 Å². The Kier molecular flexibility index (Phi) is 8.52. The second-order valence-corrected chi connectivity index (χ2v) is 9.13. The molecule has 0 spiro atoms. The van der Waals surface area contributed by atoms with Crippen LogP contribution in [0.4, 0.5) is 5.69 Å². The molecule has 1 heterocycles. The van der Waals surface area contributed by atoms with Gasteiger partial charge in [-0.2, -0.15) is 0 Å². The monoisotopic (exact) mass is 482 g/mol. The highest BCUT2D eigenvalue weighted by molar-refractivity contribution is 7.80. The summed E-state index contributed by atoms with van der Waals surface area (Å²) in [6.45, 7) is 6.17. The Hall–Kier alpha value is -3.10. The lowest BCUT2D eigenvalue weighted by Gasteiger charge is -2.27. The molecule has 0 atom stereocenters. The van der Waals surface area contributed by atoms with Gasteiger partial charge in [-0.1, -0.05) is 17.7 Å². The van der Waals surface area contributed by atoms with Crippen molar-refractivity contribution < 1.29 is 9.47 Å². The molecule has 0 amide bonds. The van der Waals surface area contributed by atoms with E-state index in [1.807, 2.05) is 32.3 Å². The Morgan fingerprint density at radius 2 is 1.74 bits per heavy atom. The summed E-state index contributed by atoms with van der Waals surface area (Å²) in [5, 5.41) is 4.84. The molecule has 3 aromatic rings. The van der Waals surface area contributed by atoms with Crippen molar-refractivity contribution in [3.63, 3.8) is 0 Å². The highest BCUT2D eigenvalue weighted by Crippen LogP contribution is 2.31. The van der Waals surface area contributed by atoms with Crippen LogP contribution in [0.3, 0.4) is 0 Å². The molecular formula is C26H34N4O3S. The van der Waals surface area contributed by atoms with Crippen molar-refractivity contribution in [2.75, 3.05) is 46.7 Å². The van der Waals surface area contributed by atoms with Crippen LogP contribution in [-0.4, -0.2) is 61.3 Å².